The van der Waals surface area contributed by atoms with Crippen LogP contribution in [0.15, 0.2) is 0 Å². The lowest BCUT2D eigenvalue weighted by Crippen LogP contribution is -3.15. The minimum absolute atomic E-state index is 0.105. The molecule has 4 heteroatoms. The maximum Gasteiger partial charge on any atom is 0.146 e. The van der Waals surface area contributed by atoms with Crippen molar-refractivity contribution >= 4 is 0 Å². The number of nitrogens with one attached hydrogen (secondary N) is 2. The van der Waals surface area contributed by atoms with Gasteiger partial charge in [0.25, 0.3) is 0 Å². The second-order valence-electron chi connectivity index (χ2n) is 2.56. The van der Waals surface area contributed by atoms with Crippen molar-refractivity contribution < 1.29 is 5.06 Å². The van der Waals surface area contributed by atoms with Gasteiger partial charge in [0.1, 0.15) is 5.66 Å². The van der Waals surface area contributed by atoms with Crippen LogP contribution in [-0.2, 0) is 0 Å². The molecule has 0 spiro atoms. The highest BCUT2D eigenvalue weighted by atomic mass is 16.5. The van der Waals surface area contributed by atoms with E-state index in [9.17, 15) is 5.21 Å². The van der Waals surface area contributed by atoms with Gasteiger partial charge in [-0.25, -0.2) is 0 Å². The molecule has 0 amide bonds. The molecule has 1 unspecified atom stereocenters. The van der Waals surface area contributed by atoms with Crippen molar-refractivity contribution in [2.75, 3.05) is 13.7 Å². The molecule has 0 aliphatic carbocycles. The van der Waals surface area contributed by atoms with E-state index in [-0.39, 0.29) is 5.06 Å². The lowest BCUT2D eigenvalue weighted by atomic mass is 10.2. The monoisotopic (exact) mass is 133 g/mol. The summed E-state index contributed by atoms with van der Waals surface area (Å²) in [4.78, 5) is 0. The molecule has 9 heavy (non-hydrogen) atoms. The van der Waals surface area contributed by atoms with Crippen LogP contribution >= 0.6 is 0 Å². The quantitative estimate of drug-likeness (QED) is 0.316. The Labute approximate surface area is 55.6 Å². The second kappa shape index (κ2) is 3.12. The standard InChI is InChI=1S/C5H15N3O/c1-5(2,7-4-6)8(3)9/h7-8H,4,6H2,1-3H3. The molecule has 0 saturated carbocycles. The molecule has 0 aliphatic rings. The van der Waals surface area contributed by atoms with Crippen molar-refractivity contribution in [3.63, 3.8) is 0 Å². The summed E-state index contributed by atoms with van der Waals surface area (Å²) in [5.74, 6) is 0. The van der Waals surface area contributed by atoms with E-state index in [4.69, 9.17) is 5.73 Å². The van der Waals surface area contributed by atoms with Crippen LogP contribution < -0.4 is 16.1 Å². The van der Waals surface area contributed by atoms with Gasteiger partial charge in [0.05, 0.1) is 7.05 Å². The highest BCUT2D eigenvalue weighted by Crippen LogP contribution is 1.85. The Bertz CT molecular complexity index is 82.3. The van der Waals surface area contributed by atoms with Crippen LogP contribution in [0.4, 0.5) is 0 Å². The fourth-order valence-corrected chi connectivity index (χ4v) is 0.380. The van der Waals surface area contributed by atoms with E-state index < -0.39 is 5.66 Å². The van der Waals surface area contributed by atoms with Crippen LogP contribution in [0.5, 0.6) is 0 Å². The number of hydroxylamine groups is 2. The molecule has 0 rings (SSSR count). The van der Waals surface area contributed by atoms with E-state index in [2.05, 4.69) is 5.32 Å². The van der Waals surface area contributed by atoms with Gasteiger partial charge in [-0.2, -0.15) is 0 Å². The molecule has 0 aromatic carbocycles. The first kappa shape index (κ1) is 8.84. The number of hydrogen-bond donors (Lipinski definition) is 3. The minimum Gasteiger partial charge on any atom is -0.633 e. The third-order valence-electron chi connectivity index (χ3n) is 1.42. The summed E-state index contributed by atoms with van der Waals surface area (Å²) in [5, 5.41) is 13.7. The zero-order valence-corrected chi connectivity index (χ0v) is 6.19. The maximum atomic E-state index is 10.7. The molecule has 0 heterocycles. The lowest BCUT2D eigenvalue weighted by molar-refractivity contribution is -0.885. The average molecular weight is 133 g/mol. The van der Waals surface area contributed by atoms with Gasteiger partial charge in [0.15, 0.2) is 0 Å². The minimum atomic E-state index is -0.464. The van der Waals surface area contributed by atoms with Crippen molar-refractivity contribution in [3.05, 3.63) is 5.21 Å². The summed E-state index contributed by atoms with van der Waals surface area (Å²) in [6, 6.07) is 0. The normalized spacial score (nSPS) is 15.7. The maximum absolute atomic E-state index is 10.7. The van der Waals surface area contributed by atoms with E-state index in [0.29, 0.717) is 6.67 Å². The number of nitrogens with two attached hydrogens (primary N) is 1. The van der Waals surface area contributed by atoms with Crippen LogP contribution in [0.25, 0.3) is 0 Å². The van der Waals surface area contributed by atoms with Crippen LogP contribution in [0, 0.1) is 5.21 Å². The fourth-order valence-electron chi connectivity index (χ4n) is 0.380. The number of rotatable bonds is 3. The Morgan fingerprint density at radius 3 is 2.22 bits per heavy atom. The first-order valence-electron chi connectivity index (χ1n) is 2.97. The predicted octanol–water partition coefficient (Wildman–Crippen LogP) is -1.76. The summed E-state index contributed by atoms with van der Waals surface area (Å²) in [5.41, 5.74) is 4.73. The molecule has 0 aliphatic heterocycles. The van der Waals surface area contributed by atoms with E-state index in [1.807, 2.05) is 13.8 Å². The summed E-state index contributed by atoms with van der Waals surface area (Å²) in [6.45, 7) is 3.96. The Balaban J connectivity index is 3.70. The average Bonchev–Trinajstić information content (AvgIpc) is 1.65. The lowest BCUT2D eigenvalue weighted by Gasteiger charge is -2.35. The Kier molecular flexibility index (Phi) is 3.07. The van der Waals surface area contributed by atoms with Gasteiger partial charge in [-0.1, -0.05) is 0 Å². The highest BCUT2D eigenvalue weighted by Gasteiger charge is 2.19. The van der Waals surface area contributed by atoms with Gasteiger partial charge in [0, 0.05) is 20.5 Å². The largest absolute Gasteiger partial charge is 0.633 e. The topological polar surface area (TPSA) is 65.5 Å². The Morgan fingerprint density at radius 2 is 2.11 bits per heavy atom. The third kappa shape index (κ3) is 2.76. The van der Waals surface area contributed by atoms with Crippen molar-refractivity contribution in [3.8, 4) is 0 Å². The predicted molar refractivity (Wildman–Crippen MR) is 36.5 cm³/mol. The molecule has 4 N–H and O–H groups in total. The van der Waals surface area contributed by atoms with Gasteiger partial charge in [0.2, 0.25) is 0 Å². The van der Waals surface area contributed by atoms with Crippen LogP contribution in [0.3, 0.4) is 0 Å². The molecule has 56 valence electrons. The van der Waals surface area contributed by atoms with Crippen molar-refractivity contribution in [1.29, 1.82) is 0 Å². The van der Waals surface area contributed by atoms with E-state index in [1.54, 1.807) is 7.05 Å². The smallest absolute Gasteiger partial charge is 0.146 e. The molecule has 0 fully saturated rings. The van der Waals surface area contributed by atoms with Gasteiger partial charge in [-0.3, -0.25) is 5.32 Å². The summed E-state index contributed by atoms with van der Waals surface area (Å²) in [6.07, 6.45) is 0. The summed E-state index contributed by atoms with van der Waals surface area (Å²) >= 11 is 0. The molecular weight excluding hydrogens is 118 g/mol. The van der Waals surface area contributed by atoms with Crippen LogP contribution in [0.1, 0.15) is 13.8 Å². The number of hydrogen-bond acceptors (Lipinski definition) is 3. The highest BCUT2D eigenvalue weighted by molar-refractivity contribution is 4.59. The Hall–Kier alpha value is -0.160. The number of quaternary nitrogens is 1. The SMILES string of the molecule is C[NH+]([O-])C(C)(C)NCN. The van der Waals surface area contributed by atoms with Gasteiger partial charge in [-0.15, -0.1) is 0 Å². The van der Waals surface area contributed by atoms with Crippen LogP contribution in [-0.4, -0.2) is 19.4 Å². The third-order valence-corrected chi connectivity index (χ3v) is 1.42. The molecule has 0 bridgehead atoms. The van der Waals surface area contributed by atoms with E-state index >= 15 is 0 Å². The molecule has 0 saturated heterocycles. The zero-order valence-electron chi connectivity index (χ0n) is 6.19. The molecule has 4 nitrogen and oxygen atoms in total. The van der Waals surface area contributed by atoms with Crippen molar-refractivity contribution in [1.82, 2.24) is 5.32 Å². The molecule has 0 aromatic rings. The first-order chi connectivity index (χ1) is 4.00. The first-order valence-corrected chi connectivity index (χ1v) is 2.97. The van der Waals surface area contributed by atoms with Gasteiger partial charge < -0.3 is 16.0 Å². The van der Waals surface area contributed by atoms with E-state index in [0.717, 1.165) is 0 Å². The molecule has 0 aromatic heterocycles. The van der Waals surface area contributed by atoms with E-state index in [1.165, 1.54) is 0 Å². The zero-order chi connectivity index (χ0) is 7.49. The van der Waals surface area contributed by atoms with Crippen LogP contribution in [0.2, 0.25) is 0 Å². The van der Waals surface area contributed by atoms with Gasteiger partial charge >= 0.3 is 0 Å². The second-order valence-corrected chi connectivity index (χ2v) is 2.56. The van der Waals surface area contributed by atoms with Crippen molar-refractivity contribution in [2.24, 2.45) is 5.73 Å². The van der Waals surface area contributed by atoms with Gasteiger partial charge in [-0.05, 0) is 0 Å². The molecule has 1 atom stereocenters. The van der Waals surface area contributed by atoms with Crippen molar-refractivity contribution in [2.45, 2.75) is 19.5 Å². The summed E-state index contributed by atoms with van der Waals surface area (Å²) < 4.78 is 0. The fraction of sp³-hybridized carbons (Fsp3) is 1.00. The summed E-state index contributed by atoms with van der Waals surface area (Å²) in [7, 11) is 1.54. The Morgan fingerprint density at radius 1 is 1.67 bits per heavy atom. The molecular formula is C5H15N3O. The molecule has 0 radical (unpaired) electrons.